The van der Waals surface area contributed by atoms with Crippen LogP contribution in [0, 0.1) is 19.8 Å². The van der Waals surface area contributed by atoms with Crippen molar-refractivity contribution in [3.05, 3.63) is 44.3 Å². The van der Waals surface area contributed by atoms with Gasteiger partial charge in [0.05, 0.1) is 10.7 Å². The van der Waals surface area contributed by atoms with Crippen molar-refractivity contribution in [1.29, 1.82) is 0 Å². The smallest absolute Gasteiger partial charge is 0.273 e. The summed E-state index contributed by atoms with van der Waals surface area (Å²) in [5.74, 6) is 0.391. The van der Waals surface area contributed by atoms with E-state index >= 15 is 0 Å². The summed E-state index contributed by atoms with van der Waals surface area (Å²) in [6.07, 6.45) is 1.77. The summed E-state index contributed by atoms with van der Waals surface area (Å²) >= 11 is 1.50. The molecule has 1 fully saturated rings. The average molecular weight is 332 g/mol. The quantitative estimate of drug-likeness (QED) is 0.860. The summed E-state index contributed by atoms with van der Waals surface area (Å²) in [4.78, 5) is 30.3. The number of carbonyl (C=O) groups is 1. The lowest BCUT2D eigenvalue weighted by molar-refractivity contribution is 0.0675. The minimum Gasteiger partial charge on any atom is -0.337 e. The Hall–Kier alpha value is -2.02. The van der Waals surface area contributed by atoms with Crippen molar-refractivity contribution >= 4 is 17.2 Å². The van der Waals surface area contributed by atoms with Crippen LogP contribution in [-0.4, -0.2) is 38.7 Å². The second-order valence-corrected chi connectivity index (χ2v) is 7.04. The van der Waals surface area contributed by atoms with Gasteiger partial charge in [-0.05, 0) is 38.7 Å². The van der Waals surface area contributed by atoms with Crippen molar-refractivity contribution in [3.63, 3.8) is 0 Å². The summed E-state index contributed by atoms with van der Waals surface area (Å²) in [7, 11) is 0. The normalized spacial score (nSPS) is 15.8. The number of rotatable bonds is 3. The third-order valence-corrected chi connectivity index (χ3v) is 4.94. The van der Waals surface area contributed by atoms with Gasteiger partial charge in [-0.1, -0.05) is 0 Å². The minimum absolute atomic E-state index is 0.0126. The van der Waals surface area contributed by atoms with E-state index in [1.54, 1.807) is 16.8 Å². The number of hydrogen-bond donors (Lipinski definition) is 0. The molecular formula is C16H20N4O2S. The fourth-order valence-corrected chi connectivity index (χ4v) is 3.46. The lowest BCUT2D eigenvalue weighted by Crippen LogP contribution is -2.40. The van der Waals surface area contributed by atoms with Crippen LogP contribution in [0.25, 0.3) is 0 Å². The molecule has 23 heavy (non-hydrogen) atoms. The first-order valence-electron chi connectivity index (χ1n) is 7.79. The zero-order valence-corrected chi connectivity index (χ0v) is 14.2. The molecule has 1 aliphatic rings. The van der Waals surface area contributed by atoms with Crippen LogP contribution in [0.15, 0.2) is 22.3 Å². The van der Waals surface area contributed by atoms with Gasteiger partial charge in [-0.15, -0.1) is 11.3 Å². The fourth-order valence-electron chi connectivity index (χ4n) is 2.87. The number of carbonyl (C=O) groups excluding carboxylic acids is 1. The SMILES string of the molecule is Cc1ccc(=O)n(CC2CCN(C(=O)c3csc(C)n3)CC2)n1. The Balaban J connectivity index is 1.59. The summed E-state index contributed by atoms with van der Waals surface area (Å²) in [5.41, 5.74) is 1.32. The number of likely N-dealkylation sites (tertiary alicyclic amines) is 1. The molecule has 0 N–H and O–H groups in total. The second kappa shape index (κ2) is 6.62. The van der Waals surface area contributed by atoms with Crippen molar-refractivity contribution in [3.8, 4) is 0 Å². The van der Waals surface area contributed by atoms with Crippen LogP contribution in [0.2, 0.25) is 0 Å². The highest BCUT2D eigenvalue weighted by atomic mass is 32.1. The van der Waals surface area contributed by atoms with Crippen LogP contribution < -0.4 is 5.56 Å². The predicted molar refractivity (Wildman–Crippen MR) is 88.7 cm³/mol. The zero-order chi connectivity index (χ0) is 16.4. The lowest BCUT2D eigenvalue weighted by Gasteiger charge is -2.31. The van der Waals surface area contributed by atoms with E-state index in [0.29, 0.717) is 31.2 Å². The van der Waals surface area contributed by atoms with E-state index < -0.39 is 0 Å². The van der Waals surface area contributed by atoms with Crippen molar-refractivity contribution in [2.24, 2.45) is 5.92 Å². The van der Waals surface area contributed by atoms with Crippen molar-refractivity contribution in [2.45, 2.75) is 33.2 Å². The van der Waals surface area contributed by atoms with E-state index in [2.05, 4.69) is 10.1 Å². The fraction of sp³-hybridized carbons (Fsp3) is 0.500. The summed E-state index contributed by atoms with van der Waals surface area (Å²) < 4.78 is 1.54. The molecule has 0 unspecified atom stereocenters. The van der Waals surface area contributed by atoms with E-state index in [0.717, 1.165) is 23.5 Å². The van der Waals surface area contributed by atoms with Crippen LogP contribution >= 0.6 is 11.3 Å². The molecule has 0 aromatic carbocycles. The monoisotopic (exact) mass is 332 g/mol. The van der Waals surface area contributed by atoms with Crippen molar-refractivity contribution < 1.29 is 4.79 Å². The number of piperidine rings is 1. The summed E-state index contributed by atoms with van der Waals surface area (Å²) in [5, 5.41) is 7.02. The van der Waals surface area contributed by atoms with E-state index in [4.69, 9.17) is 0 Å². The topological polar surface area (TPSA) is 68.1 Å². The Morgan fingerprint density at radius 1 is 1.30 bits per heavy atom. The third-order valence-electron chi connectivity index (χ3n) is 4.17. The van der Waals surface area contributed by atoms with Gasteiger partial charge < -0.3 is 4.90 Å². The largest absolute Gasteiger partial charge is 0.337 e. The summed E-state index contributed by atoms with van der Waals surface area (Å²) in [6.45, 7) is 5.83. The maximum absolute atomic E-state index is 12.4. The molecule has 122 valence electrons. The molecule has 0 aliphatic carbocycles. The molecule has 2 aromatic rings. The number of aromatic nitrogens is 3. The third kappa shape index (κ3) is 3.67. The molecule has 1 amide bonds. The van der Waals surface area contributed by atoms with Gasteiger partial charge in [0.2, 0.25) is 0 Å². The van der Waals surface area contributed by atoms with Gasteiger partial charge in [0, 0.05) is 31.1 Å². The first-order valence-corrected chi connectivity index (χ1v) is 8.67. The van der Waals surface area contributed by atoms with Crippen molar-refractivity contribution in [1.82, 2.24) is 19.7 Å². The van der Waals surface area contributed by atoms with Gasteiger partial charge in [-0.2, -0.15) is 5.10 Å². The Labute approximate surface area is 138 Å². The molecule has 6 nitrogen and oxygen atoms in total. The Bertz CT molecular complexity index is 759. The molecule has 2 aromatic heterocycles. The summed E-state index contributed by atoms with van der Waals surface area (Å²) in [6, 6.07) is 3.29. The standard InChI is InChI=1S/C16H20N4O2S/c1-11-3-4-15(21)20(18-11)9-13-5-7-19(8-6-13)16(22)14-10-23-12(2)17-14/h3-4,10,13H,5-9H2,1-2H3. The number of thiazole rings is 1. The molecule has 7 heteroatoms. The maximum Gasteiger partial charge on any atom is 0.273 e. The number of amides is 1. The Morgan fingerprint density at radius 2 is 2.04 bits per heavy atom. The van der Waals surface area contributed by atoms with E-state index in [1.165, 1.54) is 11.3 Å². The first-order chi connectivity index (χ1) is 11.0. The van der Waals surface area contributed by atoms with Gasteiger partial charge in [-0.25, -0.2) is 9.67 Å². The molecule has 0 spiro atoms. The highest BCUT2D eigenvalue weighted by Gasteiger charge is 2.25. The van der Waals surface area contributed by atoms with Crippen molar-refractivity contribution in [2.75, 3.05) is 13.1 Å². The van der Waals surface area contributed by atoms with Crippen LogP contribution in [0.1, 0.15) is 34.0 Å². The Morgan fingerprint density at radius 3 is 2.70 bits per heavy atom. The van der Waals surface area contributed by atoms with Crippen LogP contribution in [0.3, 0.4) is 0 Å². The van der Waals surface area contributed by atoms with Crippen LogP contribution in [-0.2, 0) is 6.54 Å². The molecule has 1 saturated heterocycles. The Kier molecular flexibility index (Phi) is 4.56. The molecule has 0 atom stereocenters. The van der Waals surface area contributed by atoms with Gasteiger partial charge in [-0.3, -0.25) is 9.59 Å². The predicted octanol–water partition coefficient (Wildman–Crippen LogP) is 1.87. The molecular weight excluding hydrogens is 312 g/mol. The molecule has 3 rings (SSSR count). The van der Waals surface area contributed by atoms with E-state index in [-0.39, 0.29) is 11.5 Å². The highest BCUT2D eigenvalue weighted by Crippen LogP contribution is 2.20. The van der Waals surface area contributed by atoms with Crippen LogP contribution in [0.5, 0.6) is 0 Å². The second-order valence-electron chi connectivity index (χ2n) is 5.98. The van der Waals surface area contributed by atoms with Gasteiger partial charge in [0.1, 0.15) is 5.69 Å². The first kappa shape index (κ1) is 15.9. The zero-order valence-electron chi connectivity index (χ0n) is 13.4. The number of nitrogens with zero attached hydrogens (tertiary/aromatic N) is 4. The molecule has 3 heterocycles. The number of hydrogen-bond acceptors (Lipinski definition) is 5. The maximum atomic E-state index is 12.4. The van der Waals surface area contributed by atoms with Gasteiger partial charge in [0.25, 0.3) is 11.5 Å². The average Bonchev–Trinajstić information content (AvgIpc) is 2.97. The minimum atomic E-state index is -0.0629. The van der Waals surface area contributed by atoms with Crippen LogP contribution in [0.4, 0.5) is 0 Å². The molecule has 0 bridgehead atoms. The van der Waals surface area contributed by atoms with Gasteiger partial charge in [0.15, 0.2) is 0 Å². The highest BCUT2D eigenvalue weighted by molar-refractivity contribution is 7.09. The number of aryl methyl sites for hydroxylation is 2. The molecule has 1 aliphatic heterocycles. The van der Waals surface area contributed by atoms with Gasteiger partial charge >= 0.3 is 0 Å². The van der Waals surface area contributed by atoms with E-state index in [9.17, 15) is 9.59 Å². The van der Waals surface area contributed by atoms with E-state index in [1.807, 2.05) is 24.1 Å². The molecule has 0 saturated carbocycles. The molecule has 0 radical (unpaired) electrons. The lowest BCUT2D eigenvalue weighted by atomic mass is 9.96.